The van der Waals surface area contributed by atoms with E-state index in [1.165, 1.54) is 14.2 Å². The smallest absolute Gasteiger partial charge is 0.244 e. The first-order valence-corrected chi connectivity index (χ1v) is 8.78. The van der Waals surface area contributed by atoms with E-state index >= 15 is 0 Å². The minimum absolute atomic E-state index is 0.126. The summed E-state index contributed by atoms with van der Waals surface area (Å²) in [7, 11) is -1.37. The molecule has 24 heavy (non-hydrogen) atoms. The van der Waals surface area contributed by atoms with Gasteiger partial charge in [0.2, 0.25) is 10.0 Å². The van der Waals surface area contributed by atoms with Crippen LogP contribution in [0.25, 0.3) is 0 Å². The van der Waals surface area contributed by atoms with Crippen molar-refractivity contribution < 1.29 is 22.3 Å². The molecule has 2 aromatic carbocycles. The van der Waals surface area contributed by atoms with E-state index in [2.05, 4.69) is 4.72 Å². The fourth-order valence-corrected chi connectivity index (χ4v) is 3.77. The summed E-state index contributed by atoms with van der Waals surface area (Å²) >= 11 is 0. The normalized spacial score (nSPS) is 12.7. The van der Waals surface area contributed by atoms with E-state index in [4.69, 9.17) is 9.47 Å². The summed E-state index contributed by atoms with van der Waals surface area (Å²) in [5.41, 5.74) is 1.77. The van der Waals surface area contributed by atoms with Crippen molar-refractivity contribution in [1.82, 2.24) is 4.72 Å². The summed E-state index contributed by atoms with van der Waals surface area (Å²) < 4.78 is 51.9. The van der Waals surface area contributed by atoms with Crippen LogP contribution < -0.4 is 14.2 Å². The topological polar surface area (TPSA) is 64.6 Å². The molecule has 0 aliphatic carbocycles. The third-order valence-corrected chi connectivity index (χ3v) is 5.27. The molecule has 2 rings (SSSR count). The molecule has 1 unspecified atom stereocenters. The van der Waals surface area contributed by atoms with Gasteiger partial charge in [0.1, 0.15) is 10.7 Å². The van der Waals surface area contributed by atoms with E-state index < -0.39 is 26.8 Å². The Morgan fingerprint density at radius 2 is 1.67 bits per heavy atom. The van der Waals surface area contributed by atoms with Gasteiger partial charge in [-0.2, -0.15) is 0 Å². The molecule has 0 spiro atoms. The van der Waals surface area contributed by atoms with Crippen molar-refractivity contribution in [3.63, 3.8) is 0 Å². The van der Waals surface area contributed by atoms with Gasteiger partial charge < -0.3 is 9.47 Å². The van der Waals surface area contributed by atoms with E-state index in [9.17, 15) is 12.8 Å². The number of methoxy groups -OCH3 is 2. The minimum atomic E-state index is -4.07. The zero-order valence-electron chi connectivity index (χ0n) is 14.0. The van der Waals surface area contributed by atoms with E-state index in [0.29, 0.717) is 0 Å². The van der Waals surface area contributed by atoms with Crippen LogP contribution in [0.5, 0.6) is 11.5 Å². The van der Waals surface area contributed by atoms with Crippen LogP contribution in [0, 0.1) is 12.7 Å². The lowest BCUT2D eigenvalue weighted by Crippen LogP contribution is -2.28. The fourth-order valence-electron chi connectivity index (χ4n) is 2.47. The van der Waals surface area contributed by atoms with E-state index in [1.54, 1.807) is 6.92 Å². The molecule has 7 heteroatoms. The molecule has 0 fully saturated rings. The molecule has 130 valence electrons. The van der Waals surface area contributed by atoms with Crippen LogP contribution >= 0.6 is 0 Å². The molecular weight excluding hydrogens is 333 g/mol. The van der Waals surface area contributed by atoms with Crippen LogP contribution in [0.3, 0.4) is 0 Å². The van der Waals surface area contributed by atoms with Gasteiger partial charge >= 0.3 is 0 Å². The second-order valence-electron chi connectivity index (χ2n) is 5.34. The highest BCUT2D eigenvalue weighted by Crippen LogP contribution is 2.32. The van der Waals surface area contributed by atoms with E-state index in [0.717, 1.165) is 23.3 Å². The highest BCUT2D eigenvalue weighted by molar-refractivity contribution is 7.89. The average molecular weight is 353 g/mol. The van der Waals surface area contributed by atoms with Gasteiger partial charge in [-0.15, -0.1) is 0 Å². The van der Waals surface area contributed by atoms with Crippen molar-refractivity contribution in [1.29, 1.82) is 0 Å². The van der Waals surface area contributed by atoms with Crippen molar-refractivity contribution in [2.24, 2.45) is 0 Å². The van der Waals surface area contributed by atoms with Crippen LogP contribution in [0.15, 0.2) is 41.3 Å². The maximum absolute atomic E-state index is 14.2. The Balaban J connectivity index is 2.39. The van der Waals surface area contributed by atoms with Crippen LogP contribution in [0.4, 0.5) is 4.39 Å². The largest absolute Gasteiger partial charge is 0.493 e. The second-order valence-corrected chi connectivity index (χ2v) is 7.02. The predicted octanol–water partition coefficient (Wildman–Crippen LogP) is 3.19. The van der Waals surface area contributed by atoms with Gasteiger partial charge in [-0.05, 0) is 25.0 Å². The van der Waals surface area contributed by atoms with Crippen molar-refractivity contribution in [3.8, 4) is 11.5 Å². The molecule has 0 aromatic heterocycles. The highest BCUT2D eigenvalue weighted by atomic mass is 32.2. The van der Waals surface area contributed by atoms with Crippen LogP contribution in [-0.4, -0.2) is 22.6 Å². The number of nitrogens with one attached hydrogen (secondary N) is 1. The Hall–Kier alpha value is -2.12. The van der Waals surface area contributed by atoms with Crippen LogP contribution in [0.2, 0.25) is 0 Å². The lowest BCUT2D eigenvalue weighted by Gasteiger charge is -2.18. The first-order chi connectivity index (χ1) is 11.3. The molecule has 5 nitrogen and oxygen atoms in total. The third-order valence-electron chi connectivity index (χ3n) is 3.71. The summed E-state index contributed by atoms with van der Waals surface area (Å²) in [6, 6.07) is 9.00. The molecule has 1 N–H and O–H groups in total. The number of benzene rings is 2. The monoisotopic (exact) mass is 353 g/mol. The average Bonchev–Trinajstić information content (AvgIpc) is 2.54. The number of rotatable bonds is 6. The van der Waals surface area contributed by atoms with Crippen molar-refractivity contribution in [2.75, 3.05) is 14.2 Å². The number of halogens is 1. The highest BCUT2D eigenvalue weighted by Gasteiger charge is 2.25. The Morgan fingerprint density at radius 3 is 2.25 bits per heavy atom. The number of ether oxygens (including phenoxy) is 2. The van der Waals surface area contributed by atoms with Gasteiger partial charge in [-0.25, -0.2) is 17.5 Å². The van der Waals surface area contributed by atoms with E-state index in [-0.39, 0.29) is 11.5 Å². The van der Waals surface area contributed by atoms with Crippen molar-refractivity contribution in [3.05, 3.63) is 53.3 Å². The quantitative estimate of drug-likeness (QED) is 0.866. The second kappa shape index (κ2) is 7.19. The summed E-state index contributed by atoms with van der Waals surface area (Å²) in [4.78, 5) is -0.486. The maximum Gasteiger partial charge on any atom is 0.244 e. The first-order valence-electron chi connectivity index (χ1n) is 7.29. The summed E-state index contributed by atoms with van der Waals surface area (Å²) in [5.74, 6) is -0.638. The van der Waals surface area contributed by atoms with Crippen LogP contribution in [-0.2, 0) is 10.0 Å². The van der Waals surface area contributed by atoms with Gasteiger partial charge in [0.25, 0.3) is 0 Å². The lowest BCUT2D eigenvalue weighted by molar-refractivity contribution is 0.350. The SMILES string of the molecule is COc1cc(F)c(S(=O)(=O)NC(C)c2ccccc2C)cc1OC. The molecular formula is C17H20FNO4S. The summed E-state index contributed by atoms with van der Waals surface area (Å²) in [5, 5.41) is 0. The third kappa shape index (κ3) is 3.68. The molecule has 2 aromatic rings. The molecule has 0 bridgehead atoms. The Bertz CT molecular complexity index is 836. The molecule has 0 aliphatic rings. The number of hydrogen-bond donors (Lipinski definition) is 1. The predicted molar refractivity (Wildman–Crippen MR) is 89.4 cm³/mol. The van der Waals surface area contributed by atoms with Gasteiger partial charge in [-0.3, -0.25) is 0 Å². The molecule has 1 atom stereocenters. The lowest BCUT2D eigenvalue weighted by atomic mass is 10.0. The van der Waals surface area contributed by atoms with Gasteiger partial charge in [0, 0.05) is 18.2 Å². The zero-order valence-corrected chi connectivity index (χ0v) is 14.8. The number of aryl methyl sites for hydroxylation is 1. The molecule has 0 saturated carbocycles. The zero-order chi connectivity index (χ0) is 17.9. The van der Waals surface area contributed by atoms with Gasteiger partial charge in [0.05, 0.1) is 14.2 Å². The minimum Gasteiger partial charge on any atom is -0.493 e. The number of sulfonamides is 1. The van der Waals surface area contributed by atoms with E-state index in [1.807, 2.05) is 31.2 Å². The summed E-state index contributed by atoms with van der Waals surface area (Å²) in [6.07, 6.45) is 0. The molecule has 0 radical (unpaired) electrons. The van der Waals surface area contributed by atoms with Crippen molar-refractivity contribution >= 4 is 10.0 Å². The Morgan fingerprint density at radius 1 is 1.08 bits per heavy atom. The van der Waals surface area contributed by atoms with Gasteiger partial charge in [-0.1, -0.05) is 24.3 Å². The summed E-state index contributed by atoms with van der Waals surface area (Å²) in [6.45, 7) is 3.59. The van der Waals surface area contributed by atoms with Crippen LogP contribution in [0.1, 0.15) is 24.1 Å². The molecule has 0 saturated heterocycles. The Kier molecular flexibility index (Phi) is 5.46. The molecule has 0 amide bonds. The maximum atomic E-state index is 14.2. The standard InChI is InChI=1S/C17H20FNO4S/c1-11-7-5-6-8-13(11)12(2)19-24(20,21)17-10-16(23-4)15(22-3)9-14(17)18/h5-10,12,19H,1-4H3. The fraction of sp³-hybridized carbons (Fsp3) is 0.294. The Labute approximate surface area is 141 Å². The van der Waals surface area contributed by atoms with Crippen molar-refractivity contribution in [2.45, 2.75) is 24.8 Å². The van der Waals surface area contributed by atoms with Gasteiger partial charge in [0.15, 0.2) is 11.5 Å². The first kappa shape index (κ1) is 18.2. The number of hydrogen-bond acceptors (Lipinski definition) is 4. The molecule has 0 aliphatic heterocycles. The molecule has 0 heterocycles.